The predicted molar refractivity (Wildman–Crippen MR) is 175 cm³/mol. The van der Waals surface area contributed by atoms with Gasteiger partial charge < -0.3 is 9.47 Å². The number of rotatable bonds is 5. The Morgan fingerprint density at radius 3 is 1.92 bits per heavy atom. The second-order valence-corrected chi connectivity index (χ2v) is 11.8. The molecule has 1 aromatic heterocycles. The van der Waals surface area contributed by atoms with Crippen molar-refractivity contribution in [1.82, 2.24) is 4.57 Å². The third kappa shape index (κ3) is 5.51. The number of hydrogen-bond donors (Lipinski definition) is 0. The summed E-state index contributed by atoms with van der Waals surface area (Å²) in [6, 6.07) is 21.8. The molecule has 0 saturated heterocycles. The lowest BCUT2D eigenvalue weighted by molar-refractivity contribution is -0.143. The minimum Gasteiger partial charge on any atom is -0.311 e. The van der Waals surface area contributed by atoms with Crippen LogP contribution >= 0.6 is 0 Å². The molecule has 244 valence electrons. The van der Waals surface area contributed by atoms with Gasteiger partial charge in [0.25, 0.3) is 5.91 Å². The Labute approximate surface area is 271 Å². The van der Waals surface area contributed by atoms with Crippen molar-refractivity contribution in [3.8, 4) is 16.8 Å². The van der Waals surface area contributed by atoms with Gasteiger partial charge in [0.05, 0.1) is 33.4 Å². The van der Waals surface area contributed by atoms with Crippen molar-refractivity contribution in [2.24, 2.45) is 0 Å². The number of amides is 1. The van der Waals surface area contributed by atoms with Gasteiger partial charge in [0, 0.05) is 34.6 Å². The number of anilines is 1. The molecular formula is C38H28F6N2O2. The number of aldehydes is 1. The van der Waals surface area contributed by atoms with Gasteiger partial charge in [0.1, 0.15) is 0 Å². The van der Waals surface area contributed by atoms with Crippen LogP contribution in [-0.4, -0.2) is 23.8 Å². The van der Waals surface area contributed by atoms with Crippen LogP contribution < -0.4 is 4.90 Å². The van der Waals surface area contributed by atoms with Gasteiger partial charge in [-0.3, -0.25) is 9.59 Å². The van der Waals surface area contributed by atoms with Gasteiger partial charge in [-0.15, -0.1) is 0 Å². The molecule has 0 aliphatic carbocycles. The van der Waals surface area contributed by atoms with Gasteiger partial charge in [-0.05, 0) is 67.8 Å². The molecule has 48 heavy (non-hydrogen) atoms. The van der Waals surface area contributed by atoms with Crippen LogP contribution in [0, 0.1) is 20.8 Å². The molecule has 0 bridgehead atoms. The first kappa shape index (κ1) is 32.6. The van der Waals surface area contributed by atoms with Crippen LogP contribution in [0.5, 0.6) is 0 Å². The number of carbonyl (C=O) groups is 2. The van der Waals surface area contributed by atoms with Crippen molar-refractivity contribution >= 4 is 39.7 Å². The first-order valence-electron chi connectivity index (χ1n) is 14.9. The number of nitrogens with zero attached hydrogens (tertiary/aromatic N) is 2. The highest BCUT2D eigenvalue weighted by Crippen LogP contribution is 2.43. The van der Waals surface area contributed by atoms with E-state index in [-0.39, 0.29) is 39.5 Å². The number of benzene rings is 5. The van der Waals surface area contributed by atoms with Gasteiger partial charge in [-0.1, -0.05) is 66.2 Å². The van der Waals surface area contributed by atoms with E-state index in [4.69, 9.17) is 0 Å². The van der Waals surface area contributed by atoms with Crippen LogP contribution in [0.15, 0.2) is 91.0 Å². The lowest BCUT2D eigenvalue weighted by Gasteiger charge is -2.25. The van der Waals surface area contributed by atoms with Gasteiger partial charge in [0.15, 0.2) is 6.29 Å². The number of aromatic nitrogens is 1. The minimum absolute atomic E-state index is 0.0202. The van der Waals surface area contributed by atoms with Crippen LogP contribution in [0.25, 0.3) is 38.6 Å². The van der Waals surface area contributed by atoms with Gasteiger partial charge in [0.2, 0.25) is 0 Å². The number of fused-ring (bicyclic) bond motifs is 3. The molecule has 4 nitrogen and oxygen atoms in total. The number of aryl methyl sites for hydroxylation is 3. The molecule has 0 atom stereocenters. The van der Waals surface area contributed by atoms with E-state index in [1.165, 1.54) is 17.0 Å². The Hall–Kier alpha value is -5.38. The monoisotopic (exact) mass is 658 g/mol. The number of para-hydroxylation sites is 2. The summed E-state index contributed by atoms with van der Waals surface area (Å²) in [5.74, 6) is -0.524. The summed E-state index contributed by atoms with van der Waals surface area (Å²) in [5.41, 5.74) is 1.30. The third-order valence-corrected chi connectivity index (χ3v) is 8.53. The number of hydrogen-bond acceptors (Lipinski definition) is 2. The van der Waals surface area contributed by atoms with Crippen LogP contribution in [0.4, 0.5) is 32.0 Å². The van der Waals surface area contributed by atoms with Gasteiger partial charge in [-0.2, -0.15) is 26.3 Å². The number of alkyl halides is 6. The average molecular weight is 659 g/mol. The Kier molecular flexibility index (Phi) is 7.93. The third-order valence-electron chi connectivity index (χ3n) is 8.53. The van der Waals surface area contributed by atoms with E-state index in [0.717, 1.165) is 16.7 Å². The SMILES string of the molecule is Cc1cc(C)c(N(C)C(=O)c2c(C=O)cccc2-n2c3ccccc3c3cccc(-c4cc(C(F)(F)F)cc(C(F)(F)F)c4)c32)c(C)c1. The topological polar surface area (TPSA) is 42.3 Å². The highest BCUT2D eigenvalue weighted by atomic mass is 19.4. The van der Waals surface area contributed by atoms with Crippen LogP contribution in [-0.2, 0) is 12.4 Å². The summed E-state index contributed by atoms with van der Waals surface area (Å²) in [7, 11) is 1.59. The molecule has 1 heterocycles. The fourth-order valence-electron chi connectivity index (χ4n) is 6.66. The van der Waals surface area contributed by atoms with Crippen molar-refractivity contribution in [2.45, 2.75) is 33.1 Å². The van der Waals surface area contributed by atoms with E-state index < -0.39 is 29.4 Å². The maximum absolute atomic E-state index is 14.5. The Bertz CT molecular complexity index is 2210. The quantitative estimate of drug-likeness (QED) is 0.137. The molecule has 0 aliphatic heterocycles. The van der Waals surface area contributed by atoms with Crippen LogP contribution in [0.3, 0.4) is 0 Å². The fourth-order valence-corrected chi connectivity index (χ4v) is 6.66. The average Bonchev–Trinajstić information content (AvgIpc) is 3.37. The van der Waals surface area contributed by atoms with Crippen molar-refractivity contribution < 1.29 is 35.9 Å². The zero-order valence-corrected chi connectivity index (χ0v) is 26.2. The number of halogens is 6. The summed E-state index contributed by atoms with van der Waals surface area (Å²) in [4.78, 5) is 28.4. The molecule has 0 spiro atoms. The standard InChI is InChI=1S/C38H28F6N2O2/c1-21-15-22(2)34(23(3)16-21)45(4)36(48)33-24(20-47)9-7-14-32(33)46-31-13-6-5-10-29(31)30-12-8-11-28(35(30)46)25-17-26(37(39,40)41)19-27(18-25)38(42,43)44/h5-20H,1-4H3. The van der Waals surface area contributed by atoms with Crippen molar-refractivity contribution in [3.63, 3.8) is 0 Å². The highest BCUT2D eigenvalue weighted by Gasteiger charge is 2.37. The van der Waals surface area contributed by atoms with Crippen molar-refractivity contribution in [1.29, 1.82) is 0 Å². The Morgan fingerprint density at radius 1 is 0.729 bits per heavy atom. The lowest BCUT2D eigenvalue weighted by Crippen LogP contribution is -2.30. The normalized spacial score (nSPS) is 12.1. The largest absolute Gasteiger partial charge is 0.416 e. The molecule has 0 aliphatic rings. The molecule has 6 aromatic rings. The zero-order chi connectivity index (χ0) is 34.7. The lowest BCUT2D eigenvalue weighted by atomic mass is 9.96. The van der Waals surface area contributed by atoms with Gasteiger partial charge in [-0.25, -0.2) is 0 Å². The van der Waals surface area contributed by atoms with E-state index >= 15 is 0 Å². The summed E-state index contributed by atoms with van der Waals surface area (Å²) >= 11 is 0. The second kappa shape index (κ2) is 11.7. The maximum atomic E-state index is 14.5. The van der Waals surface area contributed by atoms with Crippen LogP contribution in [0.1, 0.15) is 48.5 Å². The van der Waals surface area contributed by atoms with E-state index in [1.807, 2.05) is 32.9 Å². The van der Waals surface area contributed by atoms with E-state index in [2.05, 4.69) is 0 Å². The van der Waals surface area contributed by atoms with E-state index in [9.17, 15) is 35.9 Å². The number of carbonyl (C=O) groups excluding carboxylic acids is 2. The van der Waals surface area contributed by atoms with Gasteiger partial charge >= 0.3 is 12.4 Å². The molecule has 0 fully saturated rings. The molecule has 0 saturated carbocycles. The molecular weight excluding hydrogens is 630 g/mol. The van der Waals surface area contributed by atoms with Crippen molar-refractivity contribution in [3.05, 3.63) is 130 Å². The Morgan fingerprint density at radius 2 is 1.31 bits per heavy atom. The van der Waals surface area contributed by atoms with Crippen molar-refractivity contribution in [2.75, 3.05) is 11.9 Å². The minimum atomic E-state index is -5.05. The molecule has 1 amide bonds. The molecule has 0 N–H and O–H groups in total. The summed E-state index contributed by atoms with van der Waals surface area (Å²) in [6.07, 6.45) is -9.55. The van der Waals surface area contributed by atoms with E-state index in [0.29, 0.717) is 40.4 Å². The summed E-state index contributed by atoms with van der Waals surface area (Å²) in [5, 5.41) is 1.17. The Balaban J connectivity index is 1.70. The van der Waals surface area contributed by atoms with Crippen LogP contribution in [0.2, 0.25) is 0 Å². The highest BCUT2D eigenvalue weighted by molar-refractivity contribution is 6.17. The molecule has 10 heteroatoms. The smallest absolute Gasteiger partial charge is 0.311 e. The molecule has 5 aromatic carbocycles. The zero-order valence-electron chi connectivity index (χ0n) is 26.2. The first-order valence-corrected chi connectivity index (χ1v) is 14.9. The molecule has 6 rings (SSSR count). The molecule has 0 unspecified atom stereocenters. The fraction of sp³-hybridized carbons (Fsp3) is 0.158. The molecule has 0 radical (unpaired) electrons. The van der Waals surface area contributed by atoms with E-state index in [1.54, 1.807) is 60.1 Å². The first-order chi connectivity index (χ1) is 22.6. The summed E-state index contributed by atoms with van der Waals surface area (Å²) in [6.45, 7) is 5.68. The second-order valence-electron chi connectivity index (χ2n) is 11.8. The summed E-state index contributed by atoms with van der Waals surface area (Å²) < 4.78 is 85.3. The maximum Gasteiger partial charge on any atom is 0.416 e. The predicted octanol–water partition coefficient (Wildman–Crippen LogP) is 10.5.